The number of anilines is 1. The van der Waals surface area contributed by atoms with Gasteiger partial charge in [-0.1, -0.05) is 28.1 Å². The zero-order valence-corrected chi connectivity index (χ0v) is 9.00. The highest BCUT2D eigenvalue weighted by atomic mass is 79.9. The molecule has 0 aliphatic rings. The molecule has 2 N–H and O–H groups in total. The number of nitrogen functional groups attached to an aromatic ring is 1. The van der Waals surface area contributed by atoms with Crippen LogP contribution in [0.3, 0.4) is 0 Å². The number of aromatic nitrogens is 1. The van der Waals surface area contributed by atoms with Gasteiger partial charge in [0.2, 0.25) is 0 Å². The molecule has 0 bridgehead atoms. The van der Waals surface area contributed by atoms with E-state index in [4.69, 9.17) is 5.73 Å². The monoisotopic (exact) mass is 240 g/mol. The summed E-state index contributed by atoms with van der Waals surface area (Å²) in [6.45, 7) is 0. The Labute approximate surface area is 87.0 Å². The summed E-state index contributed by atoms with van der Waals surface area (Å²) in [5.74, 6) is 0.589. The van der Waals surface area contributed by atoms with Gasteiger partial charge in [-0.05, 0) is 30.5 Å². The second kappa shape index (κ2) is 5.75. The molecule has 1 rings (SSSR count). The number of hydrogen-bond acceptors (Lipinski definition) is 2. The lowest BCUT2D eigenvalue weighted by atomic mass is 10.2. The predicted molar refractivity (Wildman–Crippen MR) is 59.9 cm³/mol. The first-order valence-electron chi connectivity index (χ1n) is 4.24. The molecule has 0 aromatic carbocycles. The number of hydrogen-bond donors (Lipinski definition) is 1. The van der Waals surface area contributed by atoms with Crippen LogP contribution in [0.2, 0.25) is 0 Å². The van der Waals surface area contributed by atoms with E-state index in [2.05, 4.69) is 33.1 Å². The normalized spacial score (nSPS) is 10.8. The van der Waals surface area contributed by atoms with E-state index in [1.54, 1.807) is 6.20 Å². The largest absolute Gasteiger partial charge is 0.384 e. The van der Waals surface area contributed by atoms with Gasteiger partial charge in [0, 0.05) is 11.5 Å². The Kier molecular flexibility index (Phi) is 4.54. The maximum Gasteiger partial charge on any atom is 0.123 e. The fourth-order valence-corrected chi connectivity index (χ4v) is 1.29. The van der Waals surface area contributed by atoms with Gasteiger partial charge in [0.25, 0.3) is 0 Å². The van der Waals surface area contributed by atoms with E-state index < -0.39 is 0 Å². The number of rotatable bonds is 4. The second-order valence-electron chi connectivity index (χ2n) is 2.74. The first kappa shape index (κ1) is 10.3. The van der Waals surface area contributed by atoms with Crippen molar-refractivity contribution in [1.29, 1.82) is 0 Å². The molecule has 0 saturated carbocycles. The Morgan fingerprint density at radius 3 is 3.00 bits per heavy atom. The summed E-state index contributed by atoms with van der Waals surface area (Å²) in [4.78, 5) is 3.93. The number of nitrogens with zero attached hydrogens (tertiary/aromatic N) is 1. The van der Waals surface area contributed by atoms with Crippen molar-refractivity contribution < 1.29 is 0 Å². The highest BCUT2D eigenvalue weighted by Gasteiger charge is 1.90. The maximum absolute atomic E-state index is 5.55. The molecule has 1 aromatic rings. The molecule has 0 amide bonds. The molecule has 0 aliphatic heterocycles. The van der Waals surface area contributed by atoms with Crippen molar-refractivity contribution in [3.63, 3.8) is 0 Å². The highest BCUT2D eigenvalue weighted by Crippen LogP contribution is 2.04. The van der Waals surface area contributed by atoms with Gasteiger partial charge in [0.1, 0.15) is 5.82 Å². The van der Waals surface area contributed by atoms with Crippen molar-refractivity contribution in [3.8, 4) is 0 Å². The van der Waals surface area contributed by atoms with Gasteiger partial charge in [0.05, 0.1) is 0 Å². The van der Waals surface area contributed by atoms with Crippen LogP contribution in [0, 0.1) is 0 Å². The lowest BCUT2D eigenvalue weighted by Crippen LogP contribution is -1.90. The van der Waals surface area contributed by atoms with Crippen molar-refractivity contribution in [1.82, 2.24) is 4.98 Å². The molecule has 1 heterocycles. The van der Waals surface area contributed by atoms with Gasteiger partial charge in [-0.2, -0.15) is 0 Å². The third-order valence-corrected chi connectivity index (χ3v) is 2.10. The number of alkyl halides is 1. The van der Waals surface area contributed by atoms with Crippen LogP contribution in [-0.4, -0.2) is 10.3 Å². The van der Waals surface area contributed by atoms with Crippen LogP contribution in [0.5, 0.6) is 0 Å². The molecular formula is C10H13BrN2. The highest BCUT2D eigenvalue weighted by molar-refractivity contribution is 9.09. The minimum absolute atomic E-state index is 0.589. The van der Waals surface area contributed by atoms with Crippen LogP contribution in [0.15, 0.2) is 30.5 Å². The Morgan fingerprint density at radius 2 is 2.31 bits per heavy atom. The average Bonchev–Trinajstić information content (AvgIpc) is 2.13. The molecule has 2 nitrogen and oxygen atoms in total. The van der Waals surface area contributed by atoms with Crippen LogP contribution >= 0.6 is 15.9 Å². The lowest BCUT2D eigenvalue weighted by molar-refractivity contribution is 1.18. The predicted octanol–water partition coefficient (Wildman–Crippen LogP) is 2.55. The zero-order chi connectivity index (χ0) is 9.52. The van der Waals surface area contributed by atoms with Crippen molar-refractivity contribution in [2.24, 2.45) is 0 Å². The Bertz CT molecular complexity index is 284. The van der Waals surface area contributed by atoms with Crippen LogP contribution < -0.4 is 5.73 Å². The van der Waals surface area contributed by atoms with Gasteiger partial charge in [0.15, 0.2) is 0 Å². The maximum atomic E-state index is 5.55. The van der Waals surface area contributed by atoms with Crippen molar-refractivity contribution >= 4 is 21.7 Å². The molecule has 3 heteroatoms. The Morgan fingerprint density at radius 1 is 1.46 bits per heavy atom. The Balaban J connectivity index is 2.45. The van der Waals surface area contributed by atoms with E-state index in [-0.39, 0.29) is 0 Å². The van der Waals surface area contributed by atoms with E-state index in [0.29, 0.717) is 5.82 Å². The molecule has 0 atom stereocenters. The molecule has 0 unspecified atom stereocenters. The summed E-state index contributed by atoms with van der Waals surface area (Å²) < 4.78 is 0. The minimum atomic E-state index is 0.589. The molecule has 1 aromatic heterocycles. The van der Waals surface area contributed by atoms with Gasteiger partial charge in [-0.3, -0.25) is 0 Å². The standard InChI is InChI=1S/C10H13BrN2/c11-6-3-1-2-4-9-5-7-13-10(12)8-9/h1-2,5,7-8H,3-4,6H2,(H2,12,13). The third kappa shape index (κ3) is 4.08. The van der Waals surface area contributed by atoms with Crippen LogP contribution in [0.25, 0.3) is 0 Å². The number of halogens is 1. The molecule has 0 fully saturated rings. The van der Waals surface area contributed by atoms with E-state index in [1.165, 1.54) is 5.56 Å². The van der Waals surface area contributed by atoms with Crippen molar-refractivity contribution in [2.45, 2.75) is 12.8 Å². The average molecular weight is 241 g/mol. The molecule has 0 saturated heterocycles. The minimum Gasteiger partial charge on any atom is -0.384 e. The fourth-order valence-electron chi connectivity index (χ4n) is 1.02. The van der Waals surface area contributed by atoms with Gasteiger partial charge < -0.3 is 5.73 Å². The van der Waals surface area contributed by atoms with Crippen molar-refractivity contribution in [3.05, 3.63) is 36.0 Å². The van der Waals surface area contributed by atoms with Crippen LogP contribution in [-0.2, 0) is 6.42 Å². The van der Waals surface area contributed by atoms with Crippen molar-refractivity contribution in [2.75, 3.05) is 11.1 Å². The summed E-state index contributed by atoms with van der Waals surface area (Å²) in [6.07, 6.45) is 8.05. The van der Waals surface area contributed by atoms with Gasteiger partial charge in [-0.15, -0.1) is 0 Å². The number of allylic oxidation sites excluding steroid dienone is 2. The summed E-state index contributed by atoms with van der Waals surface area (Å²) in [6, 6.07) is 3.88. The van der Waals surface area contributed by atoms with Gasteiger partial charge >= 0.3 is 0 Å². The smallest absolute Gasteiger partial charge is 0.123 e. The van der Waals surface area contributed by atoms with E-state index in [9.17, 15) is 0 Å². The second-order valence-corrected chi connectivity index (χ2v) is 3.54. The van der Waals surface area contributed by atoms with Crippen LogP contribution in [0.1, 0.15) is 12.0 Å². The first-order valence-corrected chi connectivity index (χ1v) is 5.36. The topological polar surface area (TPSA) is 38.9 Å². The van der Waals surface area contributed by atoms with Crippen LogP contribution in [0.4, 0.5) is 5.82 Å². The summed E-state index contributed by atoms with van der Waals surface area (Å²) in [7, 11) is 0. The molecule has 0 spiro atoms. The Hall–Kier alpha value is -0.830. The number of pyridine rings is 1. The SMILES string of the molecule is Nc1cc(CC=CCCBr)ccn1. The lowest BCUT2D eigenvalue weighted by Gasteiger charge is -1.96. The van der Waals surface area contributed by atoms with E-state index >= 15 is 0 Å². The molecule has 70 valence electrons. The van der Waals surface area contributed by atoms with E-state index in [0.717, 1.165) is 18.2 Å². The molecule has 0 radical (unpaired) electrons. The third-order valence-electron chi connectivity index (χ3n) is 1.64. The molecular weight excluding hydrogens is 228 g/mol. The number of nitrogens with two attached hydrogens (primary N) is 1. The first-order chi connectivity index (χ1) is 6.33. The molecule has 0 aliphatic carbocycles. The summed E-state index contributed by atoms with van der Waals surface area (Å²) in [5, 5.41) is 1.02. The summed E-state index contributed by atoms with van der Waals surface area (Å²) >= 11 is 3.37. The quantitative estimate of drug-likeness (QED) is 0.649. The van der Waals surface area contributed by atoms with Gasteiger partial charge in [-0.25, -0.2) is 4.98 Å². The van der Waals surface area contributed by atoms with E-state index in [1.807, 2.05) is 12.1 Å². The summed E-state index contributed by atoms with van der Waals surface area (Å²) in [5.41, 5.74) is 6.75. The fraction of sp³-hybridized carbons (Fsp3) is 0.300. The molecule has 13 heavy (non-hydrogen) atoms. The zero-order valence-electron chi connectivity index (χ0n) is 7.41.